The van der Waals surface area contributed by atoms with Gasteiger partial charge in [-0.3, -0.25) is 14.5 Å². The number of nitrogens with zero attached hydrogens (tertiary/aromatic N) is 2. The Morgan fingerprint density at radius 3 is 2.65 bits per heavy atom. The van der Waals surface area contributed by atoms with Crippen molar-refractivity contribution in [2.45, 2.75) is 30.7 Å². The molecule has 0 atom stereocenters. The minimum absolute atomic E-state index is 0.0232. The summed E-state index contributed by atoms with van der Waals surface area (Å²) in [4.78, 5) is 15.7. The Labute approximate surface area is 197 Å². The maximum Gasteiger partial charge on any atom is 0.305 e. The molecule has 0 fully saturated rings. The molecule has 0 amide bonds. The number of benzene rings is 2. The van der Waals surface area contributed by atoms with E-state index in [1.165, 1.54) is 19.2 Å². The first-order valence-electron chi connectivity index (χ1n) is 10.7. The number of sulfonamides is 1. The molecule has 7 nitrogen and oxygen atoms in total. The van der Waals surface area contributed by atoms with E-state index in [4.69, 9.17) is 4.74 Å². The molecule has 4 aromatic rings. The average Bonchev–Trinajstić information content (AvgIpc) is 3.16. The number of ether oxygens (including phenoxy) is 1. The van der Waals surface area contributed by atoms with E-state index in [9.17, 15) is 17.6 Å². The van der Waals surface area contributed by atoms with Gasteiger partial charge in [0.1, 0.15) is 5.82 Å². The molecule has 0 radical (unpaired) electrons. The van der Waals surface area contributed by atoms with Gasteiger partial charge in [0.25, 0.3) is 10.0 Å². The Morgan fingerprint density at radius 2 is 1.94 bits per heavy atom. The van der Waals surface area contributed by atoms with Crippen molar-refractivity contribution < 1.29 is 22.3 Å². The van der Waals surface area contributed by atoms with Crippen molar-refractivity contribution in [3.63, 3.8) is 0 Å². The van der Waals surface area contributed by atoms with Crippen LogP contribution in [0.15, 0.2) is 78.1 Å². The molecular formula is C25H24FN3O4S. The van der Waals surface area contributed by atoms with Crippen molar-refractivity contribution in [2.75, 3.05) is 11.8 Å². The van der Waals surface area contributed by atoms with E-state index in [1.807, 2.05) is 24.4 Å². The summed E-state index contributed by atoms with van der Waals surface area (Å²) in [5.41, 5.74) is 3.35. The zero-order chi connectivity index (χ0) is 24.1. The fourth-order valence-corrected chi connectivity index (χ4v) is 4.86. The molecule has 0 spiro atoms. The van der Waals surface area contributed by atoms with Crippen LogP contribution in [0, 0.1) is 5.82 Å². The lowest BCUT2D eigenvalue weighted by Crippen LogP contribution is -2.12. The molecule has 34 heavy (non-hydrogen) atoms. The average molecular weight is 482 g/mol. The molecule has 4 rings (SSSR count). The lowest BCUT2D eigenvalue weighted by atomic mass is 10.1. The number of aromatic nitrogens is 2. The third-order valence-corrected chi connectivity index (χ3v) is 6.86. The van der Waals surface area contributed by atoms with E-state index in [2.05, 4.69) is 14.3 Å². The third-order valence-electron chi connectivity index (χ3n) is 5.46. The number of methoxy groups -OCH3 is 1. The maximum absolute atomic E-state index is 13.2. The molecule has 176 valence electrons. The van der Waals surface area contributed by atoms with Gasteiger partial charge in [-0.15, -0.1) is 0 Å². The summed E-state index contributed by atoms with van der Waals surface area (Å²) < 4.78 is 48.1. The molecule has 1 N–H and O–H groups in total. The predicted molar refractivity (Wildman–Crippen MR) is 127 cm³/mol. The number of carbonyl (C=O) groups is 1. The number of nitrogens with one attached hydrogen (secondary N) is 1. The summed E-state index contributed by atoms with van der Waals surface area (Å²) in [6, 6.07) is 13.8. The Balaban J connectivity index is 1.66. The SMILES string of the molecule is COC(=O)CCCn1cc(Cc2cccnc2)c2cc(NS(=O)(=O)c3ccc(F)cc3)ccc21. The highest BCUT2D eigenvalue weighted by Gasteiger charge is 2.16. The summed E-state index contributed by atoms with van der Waals surface area (Å²) in [6.45, 7) is 0.610. The van der Waals surface area contributed by atoms with Crippen molar-refractivity contribution in [1.29, 1.82) is 0 Å². The Kier molecular flexibility index (Phi) is 6.93. The first kappa shape index (κ1) is 23.4. The summed E-state index contributed by atoms with van der Waals surface area (Å²) in [5.74, 6) is -0.765. The Hall–Kier alpha value is -3.72. The van der Waals surface area contributed by atoms with E-state index in [1.54, 1.807) is 24.5 Å². The van der Waals surface area contributed by atoms with Crippen LogP contribution < -0.4 is 4.72 Å². The number of carbonyl (C=O) groups excluding carboxylic acids is 1. The van der Waals surface area contributed by atoms with Crippen molar-refractivity contribution in [3.8, 4) is 0 Å². The number of fused-ring (bicyclic) bond motifs is 1. The van der Waals surface area contributed by atoms with Crippen LogP contribution >= 0.6 is 0 Å². The largest absolute Gasteiger partial charge is 0.469 e. The topological polar surface area (TPSA) is 90.3 Å². The van der Waals surface area contributed by atoms with Crippen molar-refractivity contribution >= 4 is 32.6 Å². The van der Waals surface area contributed by atoms with Crippen molar-refractivity contribution in [3.05, 3.63) is 90.1 Å². The highest BCUT2D eigenvalue weighted by Crippen LogP contribution is 2.28. The molecule has 0 saturated carbocycles. The number of rotatable bonds is 9. The minimum Gasteiger partial charge on any atom is -0.469 e. The van der Waals surface area contributed by atoms with Gasteiger partial charge in [0, 0.05) is 54.6 Å². The normalized spacial score (nSPS) is 11.5. The Morgan fingerprint density at radius 1 is 1.15 bits per heavy atom. The second-order valence-corrected chi connectivity index (χ2v) is 9.54. The lowest BCUT2D eigenvalue weighted by Gasteiger charge is -2.10. The van der Waals surface area contributed by atoms with Gasteiger partial charge >= 0.3 is 5.97 Å². The van der Waals surface area contributed by atoms with Crippen LogP contribution in [-0.2, 0) is 32.5 Å². The molecule has 9 heteroatoms. The van der Waals surface area contributed by atoms with E-state index >= 15 is 0 Å². The summed E-state index contributed by atoms with van der Waals surface area (Å²) in [6.07, 6.45) is 7.06. The molecule has 0 aliphatic rings. The Bertz CT molecular complexity index is 1400. The molecule has 2 heterocycles. The molecule has 0 unspecified atom stereocenters. The molecule has 2 aromatic carbocycles. The maximum atomic E-state index is 13.2. The fourth-order valence-electron chi connectivity index (χ4n) is 3.81. The molecule has 0 aliphatic carbocycles. The van der Waals surface area contributed by atoms with Crippen LogP contribution in [0.5, 0.6) is 0 Å². The van der Waals surface area contributed by atoms with E-state index in [0.717, 1.165) is 34.2 Å². The standard InChI is InChI=1S/C25H24FN3O4S/c1-33-25(30)5-3-13-29-17-19(14-18-4-2-12-27-16-18)23-15-21(8-11-24(23)29)28-34(31,32)22-9-6-20(26)7-10-22/h2,4,6-12,15-17,28H,3,5,13-14H2,1H3. The first-order valence-corrected chi connectivity index (χ1v) is 12.2. The van der Waals surface area contributed by atoms with Gasteiger partial charge in [-0.1, -0.05) is 6.07 Å². The van der Waals surface area contributed by atoms with Gasteiger partial charge in [0.05, 0.1) is 12.0 Å². The summed E-state index contributed by atoms with van der Waals surface area (Å²) >= 11 is 0. The minimum atomic E-state index is -3.88. The highest BCUT2D eigenvalue weighted by atomic mass is 32.2. The quantitative estimate of drug-likeness (QED) is 0.355. The van der Waals surface area contributed by atoms with Gasteiger partial charge < -0.3 is 9.30 Å². The molecule has 0 saturated heterocycles. The van der Waals surface area contributed by atoms with Crippen molar-refractivity contribution in [2.24, 2.45) is 0 Å². The van der Waals surface area contributed by atoms with E-state index < -0.39 is 15.8 Å². The van der Waals surface area contributed by atoms with Gasteiger partial charge in [-0.25, -0.2) is 12.8 Å². The summed E-state index contributed by atoms with van der Waals surface area (Å²) in [5, 5.41) is 0.890. The fraction of sp³-hybridized carbons (Fsp3) is 0.200. The lowest BCUT2D eigenvalue weighted by molar-refractivity contribution is -0.140. The van der Waals surface area contributed by atoms with Gasteiger partial charge in [-0.05, 0) is 66.1 Å². The number of pyridine rings is 1. The van der Waals surface area contributed by atoms with Crippen LogP contribution in [0.1, 0.15) is 24.0 Å². The van der Waals surface area contributed by atoms with Crippen LogP contribution in [0.4, 0.5) is 10.1 Å². The third kappa shape index (κ3) is 5.43. The van der Waals surface area contributed by atoms with Crippen LogP contribution in [-0.4, -0.2) is 31.0 Å². The smallest absolute Gasteiger partial charge is 0.305 e. The monoisotopic (exact) mass is 481 g/mol. The number of anilines is 1. The second-order valence-electron chi connectivity index (χ2n) is 7.86. The molecule has 0 aliphatic heterocycles. The number of hydrogen-bond donors (Lipinski definition) is 1. The zero-order valence-electron chi connectivity index (χ0n) is 18.6. The summed E-state index contributed by atoms with van der Waals surface area (Å²) in [7, 11) is -2.51. The van der Waals surface area contributed by atoms with Gasteiger partial charge in [0.2, 0.25) is 0 Å². The number of esters is 1. The molecule has 2 aromatic heterocycles. The van der Waals surface area contributed by atoms with Gasteiger partial charge in [0.15, 0.2) is 0 Å². The van der Waals surface area contributed by atoms with E-state index in [0.29, 0.717) is 31.5 Å². The van der Waals surface area contributed by atoms with Crippen molar-refractivity contribution in [1.82, 2.24) is 9.55 Å². The number of halogens is 1. The highest BCUT2D eigenvalue weighted by molar-refractivity contribution is 7.92. The van der Waals surface area contributed by atoms with Crippen LogP contribution in [0.25, 0.3) is 10.9 Å². The molecule has 0 bridgehead atoms. The van der Waals surface area contributed by atoms with Crippen LogP contribution in [0.3, 0.4) is 0 Å². The number of hydrogen-bond acceptors (Lipinski definition) is 5. The second kappa shape index (κ2) is 10.0. The number of aryl methyl sites for hydroxylation is 1. The molecular weight excluding hydrogens is 457 g/mol. The predicted octanol–water partition coefficient (Wildman–Crippen LogP) is 4.52. The van der Waals surface area contributed by atoms with Gasteiger partial charge in [-0.2, -0.15) is 0 Å². The zero-order valence-corrected chi connectivity index (χ0v) is 19.4. The first-order chi connectivity index (χ1) is 16.4. The van der Waals surface area contributed by atoms with Crippen LogP contribution in [0.2, 0.25) is 0 Å². The van der Waals surface area contributed by atoms with E-state index in [-0.39, 0.29) is 10.9 Å².